The topological polar surface area (TPSA) is 76.1 Å². The van der Waals surface area contributed by atoms with E-state index < -0.39 is 21.5 Å². The summed E-state index contributed by atoms with van der Waals surface area (Å²) in [5, 5.41) is 6.48. The molecule has 1 aromatic heterocycles. The monoisotopic (exact) mass is 346 g/mol. The SMILES string of the molecule is Cc1csc(NC(=O)CS(=O)(=O)c2ccc3ccccc3c2)n1. The normalized spacial score (nSPS) is 11.5. The maximum atomic E-state index is 12.4. The van der Waals surface area contributed by atoms with Gasteiger partial charge in [0, 0.05) is 5.38 Å². The average Bonchev–Trinajstić information content (AvgIpc) is 2.91. The first-order valence-electron chi connectivity index (χ1n) is 6.87. The molecule has 0 bridgehead atoms. The second-order valence-corrected chi connectivity index (χ2v) is 7.96. The van der Waals surface area contributed by atoms with E-state index in [1.165, 1.54) is 17.4 Å². The summed E-state index contributed by atoms with van der Waals surface area (Å²) in [5.41, 5.74) is 0.780. The molecule has 1 heterocycles. The number of sulfone groups is 1. The molecule has 118 valence electrons. The van der Waals surface area contributed by atoms with Crippen LogP contribution in [0, 0.1) is 6.92 Å². The van der Waals surface area contributed by atoms with E-state index in [0.29, 0.717) is 5.13 Å². The molecule has 0 spiro atoms. The van der Waals surface area contributed by atoms with E-state index in [0.717, 1.165) is 16.5 Å². The summed E-state index contributed by atoms with van der Waals surface area (Å²) in [6, 6.07) is 12.3. The fourth-order valence-corrected chi connectivity index (χ4v) is 4.05. The summed E-state index contributed by atoms with van der Waals surface area (Å²) >= 11 is 1.26. The first kappa shape index (κ1) is 15.6. The molecule has 2 aromatic carbocycles. The molecule has 5 nitrogen and oxygen atoms in total. The zero-order chi connectivity index (χ0) is 16.4. The number of thiazole rings is 1. The van der Waals surface area contributed by atoms with Gasteiger partial charge in [0.05, 0.1) is 10.6 Å². The number of aromatic nitrogens is 1. The van der Waals surface area contributed by atoms with Crippen molar-refractivity contribution >= 4 is 43.0 Å². The first-order chi connectivity index (χ1) is 10.9. The fourth-order valence-electron chi connectivity index (χ4n) is 2.18. The Kier molecular flexibility index (Phi) is 4.14. The molecule has 23 heavy (non-hydrogen) atoms. The van der Waals surface area contributed by atoms with Crippen LogP contribution in [0.5, 0.6) is 0 Å². The number of amides is 1. The van der Waals surface area contributed by atoms with Crippen molar-refractivity contribution in [2.45, 2.75) is 11.8 Å². The first-order valence-corrected chi connectivity index (χ1v) is 9.41. The Morgan fingerprint density at radius 2 is 1.91 bits per heavy atom. The van der Waals surface area contributed by atoms with Gasteiger partial charge in [-0.05, 0) is 29.8 Å². The maximum Gasteiger partial charge on any atom is 0.241 e. The summed E-state index contributed by atoms with van der Waals surface area (Å²) in [5.74, 6) is -1.20. The van der Waals surface area contributed by atoms with E-state index in [1.807, 2.05) is 24.3 Å². The summed E-state index contributed by atoms with van der Waals surface area (Å²) in [6.45, 7) is 1.80. The lowest BCUT2D eigenvalue weighted by Gasteiger charge is -2.06. The molecule has 0 saturated heterocycles. The van der Waals surface area contributed by atoms with Crippen LogP contribution in [-0.4, -0.2) is 25.1 Å². The highest BCUT2D eigenvalue weighted by atomic mass is 32.2. The summed E-state index contributed by atoms with van der Waals surface area (Å²) in [6.07, 6.45) is 0. The summed E-state index contributed by atoms with van der Waals surface area (Å²) < 4.78 is 24.8. The fraction of sp³-hybridized carbons (Fsp3) is 0.125. The lowest BCUT2D eigenvalue weighted by molar-refractivity contribution is -0.113. The minimum absolute atomic E-state index is 0.140. The van der Waals surface area contributed by atoms with Crippen molar-refractivity contribution in [3.8, 4) is 0 Å². The van der Waals surface area contributed by atoms with Gasteiger partial charge < -0.3 is 5.32 Å². The van der Waals surface area contributed by atoms with Crippen molar-refractivity contribution < 1.29 is 13.2 Å². The van der Waals surface area contributed by atoms with Crippen LogP contribution in [-0.2, 0) is 14.6 Å². The smallest absolute Gasteiger partial charge is 0.241 e. The van der Waals surface area contributed by atoms with Gasteiger partial charge in [-0.2, -0.15) is 0 Å². The van der Waals surface area contributed by atoms with Gasteiger partial charge in [0.15, 0.2) is 15.0 Å². The number of fused-ring (bicyclic) bond motifs is 1. The Hall–Kier alpha value is -2.25. The van der Waals surface area contributed by atoms with Crippen molar-refractivity contribution in [1.82, 2.24) is 4.98 Å². The standard InChI is InChI=1S/C16H14N2O3S2/c1-11-9-22-16(17-11)18-15(19)10-23(20,21)14-7-6-12-4-2-3-5-13(12)8-14/h2-9H,10H2,1H3,(H,17,18,19). The zero-order valence-electron chi connectivity index (χ0n) is 12.3. The minimum atomic E-state index is -3.70. The number of aryl methyl sites for hydroxylation is 1. The highest BCUT2D eigenvalue weighted by molar-refractivity contribution is 7.92. The Morgan fingerprint density at radius 1 is 1.17 bits per heavy atom. The molecule has 0 aliphatic carbocycles. The number of carbonyl (C=O) groups excluding carboxylic acids is 1. The molecule has 0 aliphatic rings. The highest BCUT2D eigenvalue weighted by Gasteiger charge is 2.20. The molecule has 3 rings (SSSR count). The lowest BCUT2D eigenvalue weighted by atomic mass is 10.1. The third-order valence-electron chi connectivity index (χ3n) is 3.27. The number of nitrogens with zero attached hydrogens (tertiary/aromatic N) is 1. The average molecular weight is 346 g/mol. The van der Waals surface area contributed by atoms with Crippen LogP contribution >= 0.6 is 11.3 Å². The Bertz CT molecular complexity index is 978. The molecule has 0 atom stereocenters. The van der Waals surface area contributed by atoms with Crippen molar-refractivity contribution in [2.75, 3.05) is 11.1 Å². The Morgan fingerprint density at radius 3 is 2.61 bits per heavy atom. The predicted molar refractivity (Wildman–Crippen MR) is 91.5 cm³/mol. The van der Waals surface area contributed by atoms with Crippen LogP contribution < -0.4 is 5.32 Å². The van der Waals surface area contributed by atoms with Gasteiger partial charge in [-0.1, -0.05) is 30.3 Å². The van der Waals surface area contributed by atoms with E-state index in [2.05, 4.69) is 10.3 Å². The number of hydrogen-bond donors (Lipinski definition) is 1. The van der Waals surface area contributed by atoms with Crippen molar-refractivity contribution in [3.05, 3.63) is 53.5 Å². The molecule has 0 aliphatic heterocycles. The number of anilines is 1. The van der Waals surface area contributed by atoms with Gasteiger partial charge in [0.2, 0.25) is 5.91 Å². The number of carbonyl (C=O) groups is 1. The van der Waals surface area contributed by atoms with E-state index in [-0.39, 0.29) is 4.90 Å². The van der Waals surface area contributed by atoms with Crippen LogP contribution in [0.4, 0.5) is 5.13 Å². The molecule has 1 amide bonds. The molecule has 0 unspecified atom stereocenters. The zero-order valence-corrected chi connectivity index (χ0v) is 13.9. The van der Waals surface area contributed by atoms with E-state index in [9.17, 15) is 13.2 Å². The Labute approximate surface area is 137 Å². The maximum absolute atomic E-state index is 12.4. The van der Waals surface area contributed by atoms with E-state index >= 15 is 0 Å². The molecule has 0 radical (unpaired) electrons. The molecule has 1 N–H and O–H groups in total. The third kappa shape index (κ3) is 3.57. The second kappa shape index (κ2) is 6.10. The van der Waals surface area contributed by atoms with Gasteiger partial charge in [-0.3, -0.25) is 4.79 Å². The molecule has 3 aromatic rings. The predicted octanol–water partition coefficient (Wildman–Crippen LogP) is 3.02. The van der Waals surface area contributed by atoms with Crippen molar-refractivity contribution in [1.29, 1.82) is 0 Å². The highest BCUT2D eigenvalue weighted by Crippen LogP contribution is 2.20. The number of benzene rings is 2. The molecule has 0 fully saturated rings. The van der Waals surface area contributed by atoms with Gasteiger partial charge >= 0.3 is 0 Å². The minimum Gasteiger partial charge on any atom is -0.301 e. The third-order valence-corrected chi connectivity index (χ3v) is 5.76. The van der Waals surface area contributed by atoms with Crippen LogP contribution in [0.3, 0.4) is 0 Å². The van der Waals surface area contributed by atoms with Gasteiger partial charge in [0.25, 0.3) is 0 Å². The molecular weight excluding hydrogens is 332 g/mol. The van der Waals surface area contributed by atoms with Gasteiger partial charge in [-0.25, -0.2) is 13.4 Å². The summed E-state index contributed by atoms with van der Waals surface area (Å²) in [4.78, 5) is 16.2. The van der Waals surface area contributed by atoms with E-state index in [1.54, 1.807) is 24.4 Å². The van der Waals surface area contributed by atoms with Crippen molar-refractivity contribution in [3.63, 3.8) is 0 Å². The Balaban J connectivity index is 1.80. The molecular formula is C16H14N2O3S2. The van der Waals surface area contributed by atoms with Crippen LogP contribution in [0.1, 0.15) is 5.69 Å². The van der Waals surface area contributed by atoms with Crippen molar-refractivity contribution in [2.24, 2.45) is 0 Å². The number of hydrogen-bond acceptors (Lipinski definition) is 5. The quantitative estimate of drug-likeness (QED) is 0.788. The van der Waals surface area contributed by atoms with Crippen LogP contribution in [0.15, 0.2) is 52.7 Å². The molecule has 7 heteroatoms. The van der Waals surface area contributed by atoms with Gasteiger partial charge in [-0.15, -0.1) is 11.3 Å². The summed E-state index contributed by atoms with van der Waals surface area (Å²) in [7, 11) is -3.70. The largest absolute Gasteiger partial charge is 0.301 e. The van der Waals surface area contributed by atoms with Gasteiger partial charge in [0.1, 0.15) is 5.75 Å². The number of nitrogens with one attached hydrogen (secondary N) is 1. The molecule has 0 saturated carbocycles. The van der Waals surface area contributed by atoms with E-state index in [4.69, 9.17) is 0 Å². The van der Waals surface area contributed by atoms with Crippen LogP contribution in [0.2, 0.25) is 0 Å². The number of rotatable bonds is 4. The second-order valence-electron chi connectivity index (χ2n) is 5.11. The van der Waals surface area contributed by atoms with Crippen LogP contribution in [0.25, 0.3) is 10.8 Å². The lowest BCUT2D eigenvalue weighted by Crippen LogP contribution is -2.23.